The second-order valence-electron chi connectivity index (χ2n) is 5.11. The molecule has 2 aromatic heterocycles. The summed E-state index contributed by atoms with van der Waals surface area (Å²) >= 11 is 1.16. The number of aromatic nitrogens is 5. The van der Waals surface area contributed by atoms with E-state index in [1.54, 1.807) is 12.1 Å². The molecule has 0 aliphatic heterocycles. The molecule has 3 rings (SSSR count). The van der Waals surface area contributed by atoms with Crippen LogP contribution < -0.4 is 0 Å². The Morgan fingerprint density at radius 2 is 1.84 bits per heavy atom. The lowest BCUT2D eigenvalue weighted by atomic mass is 10.2. The van der Waals surface area contributed by atoms with Gasteiger partial charge in [-0.3, -0.25) is 10.1 Å². The molecule has 1 aromatic carbocycles. The van der Waals surface area contributed by atoms with Crippen molar-refractivity contribution < 1.29 is 4.92 Å². The van der Waals surface area contributed by atoms with Crippen LogP contribution in [0.1, 0.15) is 17.0 Å². The number of aryl methyl sites for hydroxylation is 2. The molecule has 0 unspecified atom stereocenters. The lowest BCUT2D eigenvalue weighted by molar-refractivity contribution is -0.387. The molecule has 126 valence electrons. The first kappa shape index (κ1) is 16.7. The van der Waals surface area contributed by atoms with Crippen LogP contribution in [0.25, 0.3) is 0 Å². The van der Waals surface area contributed by atoms with Crippen molar-refractivity contribution in [1.82, 2.24) is 24.8 Å². The maximum Gasteiger partial charge on any atom is 0.283 e. The molecule has 0 saturated heterocycles. The first-order valence-electron chi connectivity index (χ1n) is 7.19. The van der Waals surface area contributed by atoms with Crippen LogP contribution in [0.5, 0.6) is 0 Å². The third-order valence-corrected chi connectivity index (χ3v) is 4.02. The van der Waals surface area contributed by atoms with E-state index in [1.165, 1.54) is 29.6 Å². The summed E-state index contributed by atoms with van der Waals surface area (Å²) in [5.74, 6) is 0. The molecule has 3 aromatic rings. The summed E-state index contributed by atoms with van der Waals surface area (Å²) < 4.78 is 1.40. The van der Waals surface area contributed by atoms with Gasteiger partial charge in [-0.1, -0.05) is 6.07 Å². The molecular weight excluding hydrogens is 342 g/mol. The number of nitrogens with zero attached hydrogens (tertiary/aromatic N) is 7. The van der Waals surface area contributed by atoms with E-state index >= 15 is 0 Å². The van der Waals surface area contributed by atoms with Crippen LogP contribution in [-0.2, 0) is 0 Å². The molecule has 0 saturated carbocycles. The number of benzene rings is 1. The van der Waals surface area contributed by atoms with Crippen molar-refractivity contribution >= 4 is 23.7 Å². The Morgan fingerprint density at radius 1 is 1.16 bits per heavy atom. The van der Waals surface area contributed by atoms with Crippen LogP contribution in [-0.4, -0.2) is 36.0 Å². The van der Waals surface area contributed by atoms with Crippen LogP contribution in [0.4, 0.5) is 5.69 Å². The van der Waals surface area contributed by atoms with Gasteiger partial charge in [0.2, 0.25) is 0 Å². The van der Waals surface area contributed by atoms with E-state index in [1.807, 2.05) is 19.9 Å². The van der Waals surface area contributed by atoms with E-state index in [9.17, 15) is 10.1 Å². The number of nitro groups is 1. The van der Waals surface area contributed by atoms with Crippen molar-refractivity contribution in [3.05, 3.63) is 64.0 Å². The number of nitro benzene ring substituents is 1. The minimum absolute atomic E-state index is 0.0273. The highest BCUT2D eigenvalue weighted by atomic mass is 32.2. The number of hydrogen-bond donors (Lipinski definition) is 0. The normalized spacial score (nSPS) is 11.1. The predicted molar refractivity (Wildman–Crippen MR) is 91.7 cm³/mol. The molecule has 0 atom stereocenters. The maximum absolute atomic E-state index is 11.4. The van der Waals surface area contributed by atoms with Crippen molar-refractivity contribution in [2.45, 2.75) is 23.9 Å². The Bertz CT molecular complexity index is 921. The topological polar surface area (TPSA) is 112 Å². The third-order valence-electron chi connectivity index (χ3n) is 3.09. The monoisotopic (exact) mass is 355 g/mol. The van der Waals surface area contributed by atoms with Gasteiger partial charge in [-0.15, -0.1) is 10.2 Å². The van der Waals surface area contributed by atoms with Gasteiger partial charge in [0.1, 0.15) is 12.7 Å². The second kappa shape index (κ2) is 7.18. The number of rotatable bonds is 5. The molecule has 0 spiro atoms. The SMILES string of the molecule is Cc1cc(C)nc(Sc2ccc(C=Nn3cnnc3)cc2[N+](=O)[O-])n1. The van der Waals surface area contributed by atoms with Crippen molar-refractivity contribution in [2.24, 2.45) is 5.10 Å². The Balaban J connectivity index is 1.90. The van der Waals surface area contributed by atoms with Gasteiger partial charge in [-0.25, -0.2) is 14.6 Å². The highest BCUT2D eigenvalue weighted by Crippen LogP contribution is 2.33. The largest absolute Gasteiger partial charge is 0.283 e. The fourth-order valence-corrected chi connectivity index (χ4v) is 3.02. The van der Waals surface area contributed by atoms with Gasteiger partial charge in [-0.05, 0) is 37.7 Å². The highest BCUT2D eigenvalue weighted by Gasteiger charge is 2.17. The summed E-state index contributed by atoms with van der Waals surface area (Å²) in [4.78, 5) is 20.1. The molecule has 9 nitrogen and oxygen atoms in total. The van der Waals surface area contributed by atoms with Crippen LogP contribution in [0.3, 0.4) is 0 Å². The first-order valence-corrected chi connectivity index (χ1v) is 8.00. The van der Waals surface area contributed by atoms with Crippen molar-refractivity contribution in [3.8, 4) is 0 Å². The Kier molecular flexibility index (Phi) is 4.80. The first-order chi connectivity index (χ1) is 12.0. The zero-order chi connectivity index (χ0) is 17.8. The molecular formula is C15H13N7O2S. The molecule has 2 heterocycles. The quantitative estimate of drug-likeness (QED) is 0.299. The summed E-state index contributed by atoms with van der Waals surface area (Å²) in [5.41, 5.74) is 2.19. The molecule has 0 fully saturated rings. The standard InChI is InChI=1S/C15H13N7O2S/c1-10-5-11(2)20-15(19-10)25-14-4-3-12(6-13(14)22(23)24)7-18-21-8-16-17-9-21/h3-9H,1-2H3. The van der Waals surface area contributed by atoms with E-state index in [2.05, 4.69) is 25.3 Å². The minimum atomic E-state index is -0.429. The molecule has 10 heteroatoms. The average Bonchev–Trinajstić information content (AvgIpc) is 3.06. The molecule has 0 aliphatic carbocycles. The lowest BCUT2D eigenvalue weighted by Crippen LogP contribution is -1.96. The molecule has 0 amide bonds. The van der Waals surface area contributed by atoms with Gasteiger partial charge >= 0.3 is 0 Å². The van der Waals surface area contributed by atoms with E-state index in [4.69, 9.17) is 0 Å². The van der Waals surface area contributed by atoms with Gasteiger partial charge < -0.3 is 0 Å². The van der Waals surface area contributed by atoms with Crippen molar-refractivity contribution in [2.75, 3.05) is 0 Å². The van der Waals surface area contributed by atoms with Crippen molar-refractivity contribution in [3.63, 3.8) is 0 Å². The highest BCUT2D eigenvalue weighted by molar-refractivity contribution is 7.99. The summed E-state index contributed by atoms with van der Waals surface area (Å²) in [6.45, 7) is 3.72. The van der Waals surface area contributed by atoms with Gasteiger partial charge in [0, 0.05) is 23.0 Å². The third kappa shape index (κ3) is 4.23. The average molecular weight is 355 g/mol. The Labute approximate surface area is 147 Å². The smallest absolute Gasteiger partial charge is 0.258 e. The molecule has 0 radical (unpaired) electrons. The van der Waals surface area contributed by atoms with E-state index in [-0.39, 0.29) is 5.69 Å². The lowest BCUT2D eigenvalue weighted by Gasteiger charge is -2.05. The van der Waals surface area contributed by atoms with Crippen LogP contribution in [0.2, 0.25) is 0 Å². The fraction of sp³-hybridized carbons (Fsp3) is 0.133. The van der Waals surface area contributed by atoms with Crippen LogP contribution >= 0.6 is 11.8 Å². The van der Waals surface area contributed by atoms with E-state index in [0.717, 1.165) is 23.1 Å². The number of hydrogen-bond acceptors (Lipinski definition) is 8. The predicted octanol–water partition coefficient (Wildman–Crippen LogP) is 2.63. The minimum Gasteiger partial charge on any atom is -0.258 e. The maximum atomic E-state index is 11.4. The van der Waals surface area contributed by atoms with Gasteiger partial charge in [0.25, 0.3) is 5.69 Å². The Morgan fingerprint density at radius 3 is 2.48 bits per heavy atom. The van der Waals surface area contributed by atoms with E-state index < -0.39 is 4.92 Å². The zero-order valence-corrected chi connectivity index (χ0v) is 14.2. The van der Waals surface area contributed by atoms with Crippen LogP contribution in [0, 0.1) is 24.0 Å². The van der Waals surface area contributed by atoms with Gasteiger partial charge in [-0.2, -0.15) is 5.10 Å². The Hall–Kier alpha value is -3.14. The molecule has 0 bridgehead atoms. The summed E-state index contributed by atoms with van der Waals surface area (Å²) in [6.07, 6.45) is 4.34. The molecule has 0 aliphatic rings. The summed E-state index contributed by atoms with van der Waals surface area (Å²) in [7, 11) is 0. The van der Waals surface area contributed by atoms with Gasteiger partial charge in [0.15, 0.2) is 5.16 Å². The van der Waals surface area contributed by atoms with Crippen molar-refractivity contribution in [1.29, 1.82) is 0 Å². The van der Waals surface area contributed by atoms with Gasteiger partial charge in [0.05, 0.1) is 16.0 Å². The zero-order valence-electron chi connectivity index (χ0n) is 13.4. The fourth-order valence-electron chi connectivity index (χ4n) is 2.07. The van der Waals surface area contributed by atoms with Crippen LogP contribution in [0.15, 0.2) is 52.1 Å². The van der Waals surface area contributed by atoms with E-state index in [0.29, 0.717) is 15.6 Å². The molecule has 25 heavy (non-hydrogen) atoms. The second-order valence-corrected chi connectivity index (χ2v) is 6.12. The summed E-state index contributed by atoms with van der Waals surface area (Å²) in [6, 6.07) is 6.71. The summed E-state index contributed by atoms with van der Waals surface area (Å²) in [5, 5.41) is 23.2. The molecule has 0 N–H and O–H groups in total.